The van der Waals surface area contributed by atoms with E-state index in [4.69, 9.17) is 16.3 Å². The molecule has 1 aromatic heterocycles. The first-order chi connectivity index (χ1) is 11.1. The minimum absolute atomic E-state index is 0.133. The summed E-state index contributed by atoms with van der Waals surface area (Å²) in [6.07, 6.45) is 2.35. The largest absolute Gasteiger partial charge is 0.368 e. The lowest BCUT2D eigenvalue weighted by Crippen LogP contribution is -2.51. The van der Waals surface area contributed by atoms with Gasteiger partial charge in [-0.05, 0) is 19.8 Å². The van der Waals surface area contributed by atoms with Gasteiger partial charge >= 0.3 is 0 Å². The Morgan fingerprint density at radius 1 is 1.30 bits per heavy atom. The smallest absolute Gasteiger partial charge is 0.251 e. The molecule has 2 aliphatic heterocycles. The van der Waals surface area contributed by atoms with Crippen LogP contribution in [-0.4, -0.2) is 59.7 Å². The molecule has 2 fully saturated rings. The summed E-state index contributed by atoms with van der Waals surface area (Å²) in [4.78, 5) is 25.4. The molecule has 0 aliphatic carbocycles. The zero-order valence-corrected chi connectivity index (χ0v) is 14.5. The maximum absolute atomic E-state index is 12.4. The number of amides is 1. The first kappa shape index (κ1) is 16.5. The molecule has 0 radical (unpaired) electrons. The second kappa shape index (κ2) is 7.01. The number of rotatable bonds is 3. The van der Waals surface area contributed by atoms with Crippen LogP contribution in [0.5, 0.6) is 0 Å². The number of piperazine rings is 1. The molecule has 2 saturated heterocycles. The first-order valence-electron chi connectivity index (χ1n) is 8.28. The lowest BCUT2D eigenvalue weighted by atomic mass is 10.2. The number of anilines is 1. The van der Waals surface area contributed by atoms with Crippen LogP contribution in [-0.2, 0) is 16.0 Å². The fourth-order valence-corrected chi connectivity index (χ4v) is 3.28. The summed E-state index contributed by atoms with van der Waals surface area (Å²) in [6, 6.07) is 0. The molecule has 3 rings (SSSR count). The molecular formula is C16H23ClN4O2. The molecule has 3 heterocycles. The summed E-state index contributed by atoms with van der Waals surface area (Å²) in [5.74, 6) is 1.79. The molecule has 0 spiro atoms. The normalized spacial score (nSPS) is 21.8. The Morgan fingerprint density at radius 2 is 2.04 bits per heavy atom. The second-order valence-electron chi connectivity index (χ2n) is 6.05. The number of hydrogen-bond donors (Lipinski definition) is 0. The van der Waals surface area contributed by atoms with E-state index in [0.29, 0.717) is 24.8 Å². The van der Waals surface area contributed by atoms with Crippen molar-refractivity contribution in [2.24, 2.45) is 0 Å². The Morgan fingerprint density at radius 3 is 2.65 bits per heavy atom. The van der Waals surface area contributed by atoms with Crippen LogP contribution in [0.15, 0.2) is 0 Å². The predicted octanol–water partition coefficient (Wildman–Crippen LogP) is 1.83. The fourth-order valence-electron chi connectivity index (χ4n) is 3.10. The summed E-state index contributed by atoms with van der Waals surface area (Å²) in [5, 5.41) is 0.518. The molecule has 0 N–H and O–H groups in total. The van der Waals surface area contributed by atoms with Gasteiger partial charge in [0.1, 0.15) is 22.9 Å². The van der Waals surface area contributed by atoms with Gasteiger partial charge < -0.3 is 14.5 Å². The summed E-state index contributed by atoms with van der Waals surface area (Å²) in [7, 11) is 0. The topological polar surface area (TPSA) is 58.6 Å². The van der Waals surface area contributed by atoms with E-state index in [-0.39, 0.29) is 12.0 Å². The number of aromatic nitrogens is 2. The molecule has 1 aromatic rings. The van der Waals surface area contributed by atoms with E-state index in [9.17, 15) is 4.79 Å². The summed E-state index contributed by atoms with van der Waals surface area (Å²) < 4.78 is 5.50. The van der Waals surface area contributed by atoms with Crippen molar-refractivity contribution in [3.63, 3.8) is 0 Å². The van der Waals surface area contributed by atoms with E-state index >= 15 is 0 Å². The molecule has 0 unspecified atom stereocenters. The number of ether oxygens (including phenoxy) is 1. The van der Waals surface area contributed by atoms with Gasteiger partial charge in [0.15, 0.2) is 0 Å². The Balaban J connectivity index is 1.67. The third-order valence-corrected chi connectivity index (χ3v) is 4.89. The zero-order valence-electron chi connectivity index (χ0n) is 13.7. The van der Waals surface area contributed by atoms with Gasteiger partial charge in [-0.1, -0.05) is 18.5 Å². The van der Waals surface area contributed by atoms with Crippen molar-refractivity contribution in [2.45, 2.75) is 39.2 Å². The average Bonchev–Trinajstić information content (AvgIpc) is 3.11. The maximum atomic E-state index is 12.4. The van der Waals surface area contributed by atoms with Gasteiger partial charge in [0.25, 0.3) is 5.91 Å². The van der Waals surface area contributed by atoms with Crippen LogP contribution in [0.3, 0.4) is 0 Å². The van der Waals surface area contributed by atoms with Crippen molar-refractivity contribution in [2.75, 3.05) is 37.7 Å². The molecule has 1 atom stereocenters. The van der Waals surface area contributed by atoms with Crippen LogP contribution < -0.4 is 4.90 Å². The van der Waals surface area contributed by atoms with E-state index in [0.717, 1.165) is 49.6 Å². The molecule has 6 nitrogen and oxygen atoms in total. The number of carbonyl (C=O) groups excluding carboxylic acids is 1. The van der Waals surface area contributed by atoms with E-state index < -0.39 is 0 Å². The van der Waals surface area contributed by atoms with Crippen molar-refractivity contribution in [1.29, 1.82) is 0 Å². The third kappa shape index (κ3) is 3.43. The number of hydrogen-bond acceptors (Lipinski definition) is 5. The third-order valence-electron chi connectivity index (χ3n) is 4.52. The Kier molecular flexibility index (Phi) is 5.02. The van der Waals surface area contributed by atoms with Crippen LogP contribution in [0, 0.1) is 6.92 Å². The molecule has 7 heteroatoms. The van der Waals surface area contributed by atoms with Crippen LogP contribution in [0.25, 0.3) is 0 Å². The molecule has 0 aromatic carbocycles. The number of aryl methyl sites for hydroxylation is 1. The van der Waals surface area contributed by atoms with Gasteiger partial charge in [-0.3, -0.25) is 4.79 Å². The standard InChI is InChI=1S/C16H23ClN4O2/c1-3-13-18-14(17)11(2)15(19-13)20-6-8-21(9-7-20)16(22)12-5-4-10-23-12/h12H,3-10H2,1-2H3/t12-/m1/s1. The van der Waals surface area contributed by atoms with Crippen molar-refractivity contribution in [1.82, 2.24) is 14.9 Å². The molecular weight excluding hydrogens is 316 g/mol. The highest BCUT2D eigenvalue weighted by Gasteiger charge is 2.31. The van der Waals surface area contributed by atoms with Gasteiger partial charge in [-0.15, -0.1) is 0 Å². The summed E-state index contributed by atoms with van der Waals surface area (Å²) in [6.45, 7) is 7.58. The molecule has 2 aliphatic rings. The molecule has 23 heavy (non-hydrogen) atoms. The van der Waals surface area contributed by atoms with Crippen LogP contribution >= 0.6 is 11.6 Å². The summed E-state index contributed by atoms with van der Waals surface area (Å²) >= 11 is 6.22. The van der Waals surface area contributed by atoms with Gasteiger partial charge in [-0.2, -0.15) is 0 Å². The van der Waals surface area contributed by atoms with Gasteiger partial charge in [0.2, 0.25) is 0 Å². The second-order valence-corrected chi connectivity index (χ2v) is 6.40. The molecule has 1 amide bonds. The zero-order chi connectivity index (χ0) is 16.4. The highest BCUT2D eigenvalue weighted by Crippen LogP contribution is 2.25. The van der Waals surface area contributed by atoms with E-state index in [1.165, 1.54) is 0 Å². The molecule has 0 bridgehead atoms. The van der Waals surface area contributed by atoms with Crippen LogP contribution in [0.4, 0.5) is 5.82 Å². The Hall–Kier alpha value is -1.40. The van der Waals surface area contributed by atoms with Crippen LogP contribution in [0.2, 0.25) is 5.15 Å². The van der Waals surface area contributed by atoms with Crippen molar-refractivity contribution >= 4 is 23.3 Å². The van der Waals surface area contributed by atoms with Crippen molar-refractivity contribution < 1.29 is 9.53 Å². The quantitative estimate of drug-likeness (QED) is 0.787. The predicted molar refractivity (Wildman–Crippen MR) is 88.9 cm³/mol. The fraction of sp³-hybridized carbons (Fsp3) is 0.688. The van der Waals surface area contributed by atoms with Crippen LogP contribution in [0.1, 0.15) is 31.2 Å². The van der Waals surface area contributed by atoms with Crippen molar-refractivity contribution in [3.05, 3.63) is 16.5 Å². The monoisotopic (exact) mass is 338 g/mol. The van der Waals surface area contributed by atoms with Gasteiger partial charge in [-0.25, -0.2) is 9.97 Å². The number of nitrogens with zero attached hydrogens (tertiary/aromatic N) is 4. The van der Waals surface area contributed by atoms with Crippen molar-refractivity contribution in [3.8, 4) is 0 Å². The average molecular weight is 339 g/mol. The van der Waals surface area contributed by atoms with Gasteiger partial charge in [0, 0.05) is 44.8 Å². The SMILES string of the molecule is CCc1nc(Cl)c(C)c(N2CCN(C(=O)[C@H]3CCCO3)CC2)n1. The molecule has 0 saturated carbocycles. The van der Waals surface area contributed by atoms with E-state index in [1.807, 2.05) is 18.7 Å². The minimum Gasteiger partial charge on any atom is -0.368 e. The molecule has 126 valence electrons. The lowest BCUT2D eigenvalue weighted by Gasteiger charge is -2.37. The first-order valence-corrected chi connectivity index (χ1v) is 8.66. The Labute approximate surface area is 141 Å². The lowest BCUT2D eigenvalue weighted by molar-refractivity contribution is -0.141. The minimum atomic E-state index is -0.233. The number of halogens is 1. The highest BCUT2D eigenvalue weighted by atomic mass is 35.5. The highest BCUT2D eigenvalue weighted by molar-refractivity contribution is 6.30. The Bertz CT molecular complexity index is 582. The van der Waals surface area contributed by atoms with E-state index in [2.05, 4.69) is 14.9 Å². The van der Waals surface area contributed by atoms with E-state index in [1.54, 1.807) is 0 Å². The van der Waals surface area contributed by atoms with Gasteiger partial charge in [0.05, 0.1) is 0 Å². The number of carbonyl (C=O) groups is 1. The summed E-state index contributed by atoms with van der Waals surface area (Å²) in [5.41, 5.74) is 0.905. The maximum Gasteiger partial charge on any atom is 0.251 e.